The molecule has 0 radical (unpaired) electrons. The van der Waals surface area contributed by atoms with Gasteiger partial charge in [-0.25, -0.2) is 9.59 Å². The van der Waals surface area contributed by atoms with Crippen molar-refractivity contribution in [2.75, 3.05) is 0 Å². The third kappa shape index (κ3) is 10.7. The largest absolute Gasteiger partial charge is 0.488 e. The summed E-state index contributed by atoms with van der Waals surface area (Å²) >= 11 is 3.17. The van der Waals surface area contributed by atoms with Crippen molar-refractivity contribution in [3.8, 4) is 11.1 Å². The van der Waals surface area contributed by atoms with Gasteiger partial charge >= 0.3 is 31.4 Å². The van der Waals surface area contributed by atoms with E-state index in [4.69, 9.17) is 20.3 Å². The van der Waals surface area contributed by atoms with Crippen molar-refractivity contribution in [2.45, 2.75) is 12.4 Å². The number of hydrogen-bond donors (Lipinski definition) is 4. The number of rotatable bonds is 4. The molecule has 0 heterocycles. The van der Waals surface area contributed by atoms with E-state index >= 15 is 0 Å². The summed E-state index contributed by atoms with van der Waals surface area (Å²) in [5.41, 5.74) is -0.00737. The quantitative estimate of drug-likeness (QED) is 0.145. The maximum absolute atomic E-state index is 12.4. The number of carbonyl (C=O) groups is 2. The number of alkyl halides is 6. The second kappa shape index (κ2) is 14.7. The van der Waals surface area contributed by atoms with Crippen LogP contribution in [0, 0.1) is 0 Å². The molecule has 0 saturated heterocycles. The Morgan fingerprint density at radius 2 is 1.02 bits per heavy atom. The smallest absolute Gasteiger partial charge is 0.478 e. The van der Waals surface area contributed by atoms with E-state index in [1.54, 1.807) is 36.4 Å². The average molecular weight is 657 g/mol. The van der Waals surface area contributed by atoms with Crippen LogP contribution in [0.4, 0.5) is 26.3 Å². The highest BCUT2D eigenvalue weighted by atomic mass is 79.9. The Hall–Kier alpha value is -4.14. The average Bonchev–Trinajstić information content (AvgIpc) is 2.93. The molecule has 220 valence electrons. The molecule has 0 aliphatic carbocycles. The van der Waals surface area contributed by atoms with E-state index in [9.17, 15) is 35.9 Å². The van der Waals surface area contributed by atoms with E-state index in [1.807, 2.05) is 0 Å². The predicted molar refractivity (Wildman–Crippen MR) is 146 cm³/mol. The normalized spacial score (nSPS) is 10.9. The summed E-state index contributed by atoms with van der Waals surface area (Å²) in [5.74, 6) is -1.98. The standard InChI is InChI=1S/C14H9F3O2.C7H6BF3O2.C7H5BrO2/c15-14(16,17)12-6-4-9(5-7-12)10-2-1-3-11(8-10)13(18)19;9-7(10,11)5-1-3-6(4-2-5)8(12)13;8-6-3-1-2-5(4-6)7(9)10/h1-8H,(H,18,19);1-4,12-13H;1-4H,(H,9,10). The van der Waals surface area contributed by atoms with Gasteiger partial charge in [0.1, 0.15) is 0 Å². The van der Waals surface area contributed by atoms with Crippen LogP contribution in [0.1, 0.15) is 31.8 Å². The number of benzene rings is 4. The van der Waals surface area contributed by atoms with E-state index in [-0.39, 0.29) is 11.0 Å². The lowest BCUT2D eigenvalue weighted by Crippen LogP contribution is -2.29. The fraction of sp³-hybridized carbons (Fsp3) is 0.0714. The second-order valence-electron chi connectivity index (χ2n) is 8.27. The van der Waals surface area contributed by atoms with Crippen LogP contribution in [0.25, 0.3) is 11.1 Å². The molecule has 0 atom stereocenters. The molecule has 4 rings (SSSR count). The van der Waals surface area contributed by atoms with E-state index in [0.29, 0.717) is 16.7 Å². The molecule has 0 spiro atoms. The molecular formula is C28H20BBrF6O6. The van der Waals surface area contributed by atoms with Gasteiger partial charge in [-0.3, -0.25) is 0 Å². The summed E-state index contributed by atoms with van der Waals surface area (Å²) in [5, 5.41) is 34.5. The molecule has 0 amide bonds. The summed E-state index contributed by atoms with van der Waals surface area (Å²) in [7, 11) is -1.73. The molecular weight excluding hydrogens is 637 g/mol. The number of hydrogen-bond acceptors (Lipinski definition) is 4. The summed E-state index contributed by atoms with van der Waals surface area (Å²) in [6.07, 6.45) is -8.76. The van der Waals surface area contributed by atoms with Crippen LogP contribution in [0.5, 0.6) is 0 Å². The fourth-order valence-electron chi connectivity index (χ4n) is 3.15. The van der Waals surface area contributed by atoms with Gasteiger partial charge in [-0.2, -0.15) is 26.3 Å². The minimum absolute atomic E-state index is 0.0352. The fourth-order valence-corrected chi connectivity index (χ4v) is 3.55. The molecule has 0 saturated carbocycles. The lowest BCUT2D eigenvalue weighted by Gasteiger charge is -2.08. The highest BCUT2D eigenvalue weighted by Crippen LogP contribution is 2.31. The molecule has 6 nitrogen and oxygen atoms in total. The maximum Gasteiger partial charge on any atom is 0.488 e. The van der Waals surface area contributed by atoms with Crippen LogP contribution in [-0.4, -0.2) is 39.3 Å². The molecule has 0 aliphatic rings. The molecule has 0 unspecified atom stereocenters. The van der Waals surface area contributed by atoms with Crippen molar-refractivity contribution >= 4 is 40.4 Å². The number of carboxylic acid groups (broad SMARTS) is 2. The van der Waals surface area contributed by atoms with Crippen molar-refractivity contribution in [2.24, 2.45) is 0 Å². The Labute approximate surface area is 243 Å². The Morgan fingerprint density at radius 1 is 0.595 bits per heavy atom. The topological polar surface area (TPSA) is 115 Å². The van der Waals surface area contributed by atoms with Gasteiger partial charge in [0.05, 0.1) is 22.3 Å². The first-order valence-electron chi connectivity index (χ1n) is 11.5. The minimum Gasteiger partial charge on any atom is -0.478 e. The van der Waals surface area contributed by atoms with Crippen LogP contribution in [0.3, 0.4) is 0 Å². The van der Waals surface area contributed by atoms with Crippen molar-refractivity contribution in [3.63, 3.8) is 0 Å². The van der Waals surface area contributed by atoms with Gasteiger partial charge in [0.15, 0.2) is 0 Å². The zero-order valence-electron chi connectivity index (χ0n) is 21.1. The lowest BCUT2D eigenvalue weighted by atomic mass is 9.80. The molecule has 0 aromatic heterocycles. The molecule has 0 bridgehead atoms. The molecule has 14 heteroatoms. The highest BCUT2D eigenvalue weighted by molar-refractivity contribution is 9.10. The first-order chi connectivity index (χ1) is 19.5. The first-order valence-corrected chi connectivity index (χ1v) is 12.3. The van der Waals surface area contributed by atoms with E-state index in [1.165, 1.54) is 24.3 Å². The molecule has 4 aromatic carbocycles. The molecule has 4 aromatic rings. The van der Waals surface area contributed by atoms with Crippen LogP contribution in [0.15, 0.2) is 102 Å². The Bertz CT molecular complexity index is 1490. The van der Waals surface area contributed by atoms with Gasteiger partial charge < -0.3 is 20.3 Å². The minimum atomic E-state index is -4.39. The van der Waals surface area contributed by atoms with Gasteiger partial charge in [0, 0.05) is 4.47 Å². The zero-order chi connectivity index (χ0) is 31.7. The van der Waals surface area contributed by atoms with Gasteiger partial charge in [-0.05, 0) is 59.1 Å². The summed E-state index contributed by atoms with van der Waals surface area (Å²) in [6, 6.07) is 20.9. The number of halogens is 7. The van der Waals surface area contributed by atoms with Crippen molar-refractivity contribution in [3.05, 3.63) is 124 Å². The monoisotopic (exact) mass is 656 g/mol. The lowest BCUT2D eigenvalue weighted by molar-refractivity contribution is -0.138. The van der Waals surface area contributed by atoms with Crippen molar-refractivity contribution < 1.29 is 56.2 Å². The Balaban J connectivity index is 0.000000234. The molecule has 0 fully saturated rings. The molecule has 0 aliphatic heterocycles. The van der Waals surface area contributed by atoms with Crippen LogP contribution < -0.4 is 5.46 Å². The van der Waals surface area contributed by atoms with E-state index in [0.717, 1.165) is 40.9 Å². The SMILES string of the molecule is O=C(O)c1cccc(-c2ccc(C(F)(F)F)cc2)c1.O=C(O)c1cccc(Br)c1.OB(O)c1ccc(C(F)(F)F)cc1. The Morgan fingerprint density at radius 3 is 1.40 bits per heavy atom. The van der Waals surface area contributed by atoms with Gasteiger partial charge in [-0.1, -0.05) is 70.5 Å². The molecule has 42 heavy (non-hydrogen) atoms. The highest BCUT2D eigenvalue weighted by Gasteiger charge is 2.31. The first kappa shape index (κ1) is 34.1. The van der Waals surface area contributed by atoms with Crippen LogP contribution >= 0.6 is 15.9 Å². The van der Waals surface area contributed by atoms with Crippen molar-refractivity contribution in [1.82, 2.24) is 0 Å². The van der Waals surface area contributed by atoms with Gasteiger partial charge in [0.25, 0.3) is 0 Å². The zero-order valence-corrected chi connectivity index (χ0v) is 22.7. The second-order valence-corrected chi connectivity index (χ2v) is 9.19. The number of carboxylic acids is 2. The predicted octanol–water partition coefficient (Wildman–Crippen LogP) is 6.60. The Kier molecular flexibility index (Phi) is 11.9. The van der Waals surface area contributed by atoms with Crippen molar-refractivity contribution in [1.29, 1.82) is 0 Å². The van der Waals surface area contributed by atoms with E-state index in [2.05, 4.69) is 15.9 Å². The third-order valence-corrected chi connectivity index (χ3v) is 5.76. The van der Waals surface area contributed by atoms with Gasteiger partial charge in [0.2, 0.25) is 0 Å². The summed E-state index contributed by atoms with van der Waals surface area (Å²) < 4.78 is 74.0. The maximum atomic E-state index is 12.4. The summed E-state index contributed by atoms with van der Waals surface area (Å²) in [4.78, 5) is 21.2. The summed E-state index contributed by atoms with van der Waals surface area (Å²) in [6.45, 7) is 0. The van der Waals surface area contributed by atoms with Crippen LogP contribution in [-0.2, 0) is 12.4 Å². The van der Waals surface area contributed by atoms with Crippen LogP contribution in [0.2, 0.25) is 0 Å². The third-order valence-electron chi connectivity index (χ3n) is 5.26. The molecule has 4 N–H and O–H groups in total. The van der Waals surface area contributed by atoms with E-state index < -0.39 is 42.5 Å². The number of aromatic carboxylic acids is 2. The van der Waals surface area contributed by atoms with Gasteiger partial charge in [-0.15, -0.1) is 0 Å².